The van der Waals surface area contributed by atoms with Crippen LogP contribution in [0.25, 0.3) is 0 Å². The second-order valence-corrected chi connectivity index (χ2v) is 6.46. The lowest BCUT2D eigenvalue weighted by molar-refractivity contribution is -0.122. The molecule has 2 aromatic heterocycles. The number of aryl methyl sites for hydroxylation is 1. The van der Waals surface area contributed by atoms with Gasteiger partial charge in [-0.2, -0.15) is 5.10 Å². The van der Waals surface area contributed by atoms with Crippen LogP contribution in [0.5, 0.6) is 0 Å². The molecule has 1 N–H and O–H groups in total. The number of amides is 1. The van der Waals surface area contributed by atoms with E-state index in [1.165, 1.54) is 0 Å². The van der Waals surface area contributed by atoms with Crippen LogP contribution in [0.3, 0.4) is 0 Å². The average molecular weight is 343 g/mol. The first kappa shape index (κ1) is 17.3. The molecule has 1 atom stereocenters. The molecule has 2 aromatic rings. The third-order valence-electron chi connectivity index (χ3n) is 4.35. The third-order valence-corrected chi connectivity index (χ3v) is 4.35. The number of nitrogens with one attached hydrogen (secondary N) is 1. The summed E-state index contributed by atoms with van der Waals surface area (Å²) in [6.45, 7) is 8.39. The van der Waals surface area contributed by atoms with Crippen LogP contribution < -0.4 is 10.2 Å². The Labute approximate surface area is 147 Å². The van der Waals surface area contributed by atoms with E-state index < -0.39 is 0 Å². The Morgan fingerprint density at radius 3 is 2.60 bits per heavy atom. The number of piperazine rings is 1. The van der Waals surface area contributed by atoms with Crippen LogP contribution >= 0.6 is 0 Å². The average Bonchev–Trinajstić information content (AvgIpc) is 3.08. The monoisotopic (exact) mass is 343 g/mol. The zero-order chi connectivity index (χ0) is 17.6. The van der Waals surface area contributed by atoms with Gasteiger partial charge in [-0.1, -0.05) is 0 Å². The van der Waals surface area contributed by atoms with Gasteiger partial charge in [0.2, 0.25) is 11.9 Å². The van der Waals surface area contributed by atoms with Crippen molar-refractivity contribution >= 4 is 11.9 Å². The normalized spacial score (nSPS) is 16.6. The summed E-state index contributed by atoms with van der Waals surface area (Å²) in [4.78, 5) is 25.0. The molecule has 0 bridgehead atoms. The van der Waals surface area contributed by atoms with E-state index in [9.17, 15) is 4.79 Å². The predicted molar refractivity (Wildman–Crippen MR) is 95.4 cm³/mol. The van der Waals surface area contributed by atoms with E-state index >= 15 is 0 Å². The van der Waals surface area contributed by atoms with Crippen molar-refractivity contribution in [3.8, 4) is 0 Å². The summed E-state index contributed by atoms with van der Waals surface area (Å²) in [6.07, 6.45) is 7.32. The van der Waals surface area contributed by atoms with Crippen molar-refractivity contribution in [2.24, 2.45) is 0 Å². The number of aromatic nitrogens is 4. The van der Waals surface area contributed by atoms with Crippen LogP contribution in [0.15, 0.2) is 30.9 Å². The minimum atomic E-state index is 0.0557. The molecule has 0 saturated carbocycles. The Kier molecular flexibility index (Phi) is 5.60. The van der Waals surface area contributed by atoms with Gasteiger partial charge in [0.15, 0.2) is 0 Å². The van der Waals surface area contributed by atoms with Gasteiger partial charge in [0.1, 0.15) is 0 Å². The van der Waals surface area contributed by atoms with Gasteiger partial charge in [0, 0.05) is 51.3 Å². The standard InChI is InChI=1S/C17H25N7O/c1-14-10-21-24(12-14)15(2)11-20-16(25)13-22-6-8-23(9-7-22)17-18-4-3-5-19-17/h3-5,10,12,15H,6-9,11,13H2,1-2H3,(H,20,25). The molecule has 0 spiro atoms. The maximum atomic E-state index is 12.2. The van der Waals surface area contributed by atoms with Crippen molar-refractivity contribution in [3.63, 3.8) is 0 Å². The van der Waals surface area contributed by atoms with Crippen LogP contribution in [0.4, 0.5) is 5.95 Å². The van der Waals surface area contributed by atoms with E-state index in [0.717, 1.165) is 37.7 Å². The minimum Gasteiger partial charge on any atom is -0.353 e. The summed E-state index contributed by atoms with van der Waals surface area (Å²) in [5, 5.41) is 7.28. The molecule has 134 valence electrons. The zero-order valence-electron chi connectivity index (χ0n) is 14.8. The maximum Gasteiger partial charge on any atom is 0.234 e. The third kappa shape index (κ3) is 4.76. The molecule has 8 heteroatoms. The Bertz CT molecular complexity index is 679. The molecule has 1 unspecified atom stereocenters. The second-order valence-electron chi connectivity index (χ2n) is 6.46. The number of hydrogen-bond acceptors (Lipinski definition) is 6. The summed E-state index contributed by atoms with van der Waals surface area (Å²) >= 11 is 0. The van der Waals surface area contributed by atoms with E-state index in [4.69, 9.17) is 0 Å². The Morgan fingerprint density at radius 2 is 1.96 bits per heavy atom. The minimum absolute atomic E-state index is 0.0557. The maximum absolute atomic E-state index is 12.2. The van der Waals surface area contributed by atoms with Gasteiger partial charge in [0.05, 0.1) is 18.8 Å². The lowest BCUT2D eigenvalue weighted by Gasteiger charge is -2.34. The highest BCUT2D eigenvalue weighted by Gasteiger charge is 2.20. The van der Waals surface area contributed by atoms with E-state index in [2.05, 4.69) is 30.2 Å². The van der Waals surface area contributed by atoms with Gasteiger partial charge in [-0.3, -0.25) is 14.4 Å². The smallest absolute Gasteiger partial charge is 0.234 e. The lowest BCUT2D eigenvalue weighted by atomic mass is 10.3. The van der Waals surface area contributed by atoms with Crippen LogP contribution in [-0.2, 0) is 4.79 Å². The van der Waals surface area contributed by atoms with Crippen molar-refractivity contribution in [1.29, 1.82) is 0 Å². The summed E-state index contributed by atoms with van der Waals surface area (Å²) in [7, 11) is 0. The SMILES string of the molecule is Cc1cnn(C(C)CNC(=O)CN2CCN(c3ncccn3)CC2)c1. The molecule has 1 aliphatic rings. The fourth-order valence-electron chi connectivity index (χ4n) is 2.85. The Hall–Kier alpha value is -2.48. The fourth-order valence-corrected chi connectivity index (χ4v) is 2.85. The first-order valence-corrected chi connectivity index (χ1v) is 8.63. The molecule has 8 nitrogen and oxygen atoms in total. The van der Waals surface area contributed by atoms with E-state index in [1.807, 2.05) is 37.0 Å². The molecule has 1 saturated heterocycles. The van der Waals surface area contributed by atoms with Crippen molar-refractivity contribution in [3.05, 3.63) is 36.4 Å². The van der Waals surface area contributed by atoms with Crippen molar-refractivity contribution in [1.82, 2.24) is 30.0 Å². The van der Waals surface area contributed by atoms with E-state index in [0.29, 0.717) is 13.1 Å². The Morgan fingerprint density at radius 1 is 1.24 bits per heavy atom. The Balaban J connectivity index is 1.39. The highest BCUT2D eigenvalue weighted by atomic mass is 16.2. The zero-order valence-corrected chi connectivity index (χ0v) is 14.8. The topological polar surface area (TPSA) is 79.2 Å². The highest BCUT2D eigenvalue weighted by molar-refractivity contribution is 5.78. The number of anilines is 1. The molecule has 1 amide bonds. The summed E-state index contributed by atoms with van der Waals surface area (Å²) in [5.41, 5.74) is 1.12. The summed E-state index contributed by atoms with van der Waals surface area (Å²) in [5.74, 6) is 0.815. The van der Waals surface area contributed by atoms with E-state index in [1.54, 1.807) is 12.4 Å². The number of carbonyl (C=O) groups is 1. The van der Waals surface area contributed by atoms with Crippen LogP contribution in [0.1, 0.15) is 18.5 Å². The van der Waals surface area contributed by atoms with Gasteiger partial charge in [-0.25, -0.2) is 9.97 Å². The number of carbonyl (C=O) groups excluding carboxylic acids is 1. The first-order valence-electron chi connectivity index (χ1n) is 8.63. The van der Waals surface area contributed by atoms with Gasteiger partial charge < -0.3 is 10.2 Å². The quantitative estimate of drug-likeness (QED) is 0.822. The highest BCUT2D eigenvalue weighted by Crippen LogP contribution is 2.09. The summed E-state index contributed by atoms with van der Waals surface area (Å²) in [6, 6.07) is 1.96. The second kappa shape index (κ2) is 8.06. The van der Waals surface area contributed by atoms with Crippen molar-refractivity contribution in [2.45, 2.75) is 19.9 Å². The fraction of sp³-hybridized carbons (Fsp3) is 0.529. The predicted octanol–water partition coefficient (Wildman–Crippen LogP) is 0.481. The first-order chi connectivity index (χ1) is 12.1. The molecular weight excluding hydrogens is 318 g/mol. The van der Waals surface area contributed by atoms with Crippen molar-refractivity contribution in [2.75, 3.05) is 44.2 Å². The van der Waals surface area contributed by atoms with Gasteiger partial charge in [-0.05, 0) is 25.5 Å². The largest absolute Gasteiger partial charge is 0.353 e. The molecule has 1 aliphatic heterocycles. The molecule has 3 heterocycles. The van der Waals surface area contributed by atoms with Gasteiger partial charge in [0.25, 0.3) is 0 Å². The number of rotatable bonds is 6. The van der Waals surface area contributed by atoms with E-state index in [-0.39, 0.29) is 11.9 Å². The molecular formula is C17H25N7O. The molecule has 3 rings (SSSR count). The van der Waals surface area contributed by atoms with Crippen molar-refractivity contribution < 1.29 is 4.79 Å². The van der Waals surface area contributed by atoms with Gasteiger partial charge >= 0.3 is 0 Å². The van der Waals surface area contributed by atoms with Crippen LogP contribution in [-0.4, -0.2) is 69.8 Å². The van der Waals surface area contributed by atoms with Gasteiger partial charge in [-0.15, -0.1) is 0 Å². The van der Waals surface area contributed by atoms with Crippen LogP contribution in [0.2, 0.25) is 0 Å². The summed E-state index contributed by atoms with van der Waals surface area (Å²) < 4.78 is 1.88. The lowest BCUT2D eigenvalue weighted by Crippen LogP contribution is -2.50. The molecule has 0 aliphatic carbocycles. The molecule has 25 heavy (non-hydrogen) atoms. The number of nitrogens with zero attached hydrogens (tertiary/aromatic N) is 6. The van der Waals surface area contributed by atoms with Crippen LogP contribution in [0, 0.1) is 6.92 Å². The molecule has 0 radical (unpaired) electrons. The molecule has 1 fully saturated rings. The number of hydrogen-bond donors (Lipinski definition) is 1. The molecule has 0 aromatic carbocycles.